The molecule has 1 aromatic heterocycles. The number of carbonyl (C=O) groups is 2. The Bertz CT molecular complexity index is 860. The van der Waals surface area contributed by atoms with E-state index in [9.17, 15) is 9.59 Å². The van der Waals surface area contributed by atoms with E-state index in [2.05, 4.69) is 15.5 Å². The van der Waals surface area contributed by atoms with Crippen LogP contribution in [0.3, 0.4) is 0 Å². The van der Waals surface area contributed by atoms with Gasteiger partial charge in [-0.25, -0.2) is 4.79 Å². The third-order valence-electron chi connectivity index (χ3n) is 5.84. The van der Waals surface area contributed by atoms with Crippen LogP contribution in [0.2, 0.25) is 0 Å². The summed E-state index contributed by atoms with van der Waals surface area (Å²) >= 11 is 0. The minimum Gasteiger partial charge on any atom is -0.339 e. The van der Waals surface area contributed by atoms with Gasteiger partial charge >= 0.3 is 6.03 Å². The van der Waals surface area contributed by atoms with Gasteiger partial charge in [-0.1, -0.05) is 5.16 Å². The monoisotopic (exact) mass is 352 g/mol. The lowest BCUT2D eigenvalue weighted by molar-refractivity contribution is -0.122. The molecule has 2 amide bonds. The Kier molecular flexibility index (Phi) is 3.55. The minimum absolute atomic E-state index is 0.0631. The number of ketones is 1. The Hall–Kier alpha value is -2.70. The number of hydrogen-bond donors (Lipinski definition) is 1. The zero-order chi connectivity index (χ0) is 17.7. The van der Waals surface area contributed by atoms with Gasteiger partial charge in [-0.15, -0.1) is 0 Å². The average molecular weight is 352 g/mol. The average Bonchev–Trinajstić information content (AvgIpc) is 3.37. The molecule has 3 aliphatic rings. The fourth-order valence-corrected chi connectivity index (χ4v) is 4.54. The highest BCUT2D eigenvalue weighted by Gasteiger charge is 2.48. The van der Waals surface area contributed by atoms with E-state index in [0.717, 1.165) is 43.6 Å². The van der Waals surface area contributed by atoms with Crippen LogP contribution in [0.1, 0.15) is 37.5 Å². The highest BCUT2D eigenvalue weighted by Crippen LogP contribution is 2.50. The van der Waals surface area contributed by atoms with Crippen LogP contribution in [0.15, 0.2) is 28.8 Å². The minimum atomic E-state index is -0.0631. The molecular formula is C19H20N4O3. The SMILES string of the molecule is O=C1C[C@@H]2CC(c3nc(-c4ccc(N5CCCNC5=O)cc4)no3)[C@H]1C2. The van der Waals surface area contributed by atoms with Gasteiger partial charge in [0.15, 0.2) is 0 Å². The molecule has 7 nitrogen and oxygen atoms in total. The van der Waals surface area contributed by atoms with E-state index >= 15 is 0 Å². The van der Waals surface area contributed by atoms with Gasteiger partial charge in [-0.05, 0) is 49.4 Å². The van der Waals surface area contributed by atoms with Crippen LogP contribution in [-0.2, 0) is 4.79 Å². The molecule has 0 spiro atoms. The van der Waals surface area contributed by atoms with Gasteiger partial charge in [0.2, 0.25) is 11.7 Å². The molecule has 3 fully saturated rings. The van der Waals surface area contributed by atoms with Crippen LogP contribution >= 0.6 is 0 Å². The Morgan fingerprint density at radius 2 is 1.92 bits per heavy atom. The van der Waals surface area contributed by atoms with Gasteiger partial charge in [-0.3, -0.25) is 9.69 Å². The quantitative estimate of drug-likeness (QED) is 0.917. The van der Waals surface area contributed by atoms with Gasteiger partial charge in [0.1, 0.15) is 5.78 Å². The second-order valence-corrected chi connectivity index (χ2v) is 7.46. The molecule has 1 saturated heterocycles. The van der Waals surface area contributed by atoms with E-state index in [1.54, 1.807) is 4.90 Å². The van der Waals surface area contributed by atoms with Crippen LogP contribution in [0.5, 0.6) is 0 Å². The molecule has 2 aliphatic carbocycles. The zero-order valence-corrected chi connectivity index (χ0v) is 14.4. The summed E-state index contributed by atoms with van der Waals surface area (Å²) in [6.45, 7) is 1.44. The molecule has 1 unspecified atom stereocenters. The van der Waals surface area contributed by atoms with E-state index < -0.39 is 0 Å². The van der Waals surface area contributed by atoms with E-state index in [1.165, 1.54) is 0 Å². The smallest absolute Gasteiger partial charge is 0.321 e. The summed E-state index contributed by atoms with van der Waals surface area (Å²) in [4.78, 5) is 30.2. The first-order chi connectivity index (χ1) is 12.7. The lowest BCUT2D eigenvalue weighted by Gasteiger charge is -2.27. The van der Waals surface area contributed by atoms with Crippen molar-refractivity contribution in [3.63, 3.8) is 0 Å². The second kappa shape index (κ2) is 5.93. The summed E-state index contributed by atoms with van der Waals surface area (Å²) in [6, 6.07) is 7.54. The van der Waals surface area contributed by atoms with Gasteiger partial charge < -0.3 is 9.84 Å². The summed E-state index contributed by atoms with van der Waals surface area (Å²) in [5.41, 5.74) is 1.70. The van der Waals surface area contributed by atoms with Crippen LogP contribution in [0.25, 0.3) is 11.4 Å². The normalized spacial score (nSPS) is 27.8. The molecule has 134 valence electrons. The van der Waals surface area contributed by atoms with Crippen molar-refractivity contribution in [3.05, 3.63) is 30.2 Å². The number of rotatable bonds is 3. The van der Waals surface area contributed by atoms with E-state index in [1.807, 2.05) is 24.3 Å². The van der Waals surface area contributed by atoms with E-state index in [-0.39, 0.29) is 17.9 Å². The number of urea groups is 1. The highest BCUT2D eigenvalue weighted by molar-refractivity contribution is 5.92. The third kappa shape index (κ3) is 2.50. The first-order valence-electron chi connectivity index (χ1n) is 9.21. The van der Waals surface area contributed by atoms with Gasteiger partial charge in [0.25, 0.3) is 0 Å². The number of carbonyl (C=O) groups excluding carboxylic acids is 2. The number of anilines is 1. The molecule has 2 bridgehead atoms. The molecule has 26 heavy (non-hydrogen) atoms. The first kappa shape index (κ1) is 15.5. The highest BCUT2D eigenvalue weighted by atomic mass is 16.5. The van der Waals surface area contributed by atoms with Crippen LogP contribution in [0, 0.1) is 11.8 Å². The molecule has 3 atom stereocenters. The Labute approximate surface area is 150 Å². The third-order valence-corrected chi connectivity index (χ3v) is 5.84. The van der Waals surface area contributed by atoms with Gasteiger partial charge in [0.05, 0.1) is 0 Å². The number of aromatic nitrogens is 2. The predicted octanol–water partition coefficient (Wildman–Crippen LogP) is 2.74. The van der Waals surface area contributed by atoms with Crippen LogP contribution in [-0.4, -0.2) is 35.0 Å². The lowest BCUT2D eigenvalue weighted by atomic mass is 9.88. The summed E-state index contributed by atoms with van der Waals surface area (Å²) in [5.74, 6) is 2.09. The fourth-order valence-electron chi connectivity index (χ4n) is 4.54. The first-order valence-corrected chi connectivity index (χ1v) is 9.21. The number of nitrogens with one attached hydrogen (secondary N) is 1. The Balaban J connectivity index is 1.35. The molecule has 0 radical (unpaired) electrons. The van der Waals surface area contributed by atoms with Crippen LogP contribution in [0.4, 0.5) is 10.5 Å². The molecule has 1 aliphatic heterocycles. The number of nitrogens with zero attached hydrogens (tertiary/aromatic N) is 3. The van der Waals surface area contributed by atoms with E-state index in [0.29, 0.717) is 29.8 Å². The van der Waals surface area contributed by atoms with Crippen molar-refractivity contribution in [2.24, 2.45) is 11.8 Å². The number of fused-ring (bicyclic) bond motifs is 2. The van der Waals surface area contributed by atoms with Gasteiger partial charge in [-0.2, -0.15) is 4.98 Å². The topological polar surface area (TPSA) is 88.3 Å². The Morgan fingerprint density at radius 3 is 2.65 bits per heavy atom. The van der Waals surface area contributed by atoms with Crippen molar-refractivity contribution in [1.29, 1.82) is 0 Å². The molecule has 2 heterocycles. The molecule has 1 N–H and O–H groups in total. The number of hydrogen-bond acceptors (Lipinski definition) is 5. The largest absolute Gasteiger partial charge is 0.339 e. The molecule has 2 saturated carbocycles. The van der Waals surface area contributed by atoms with Crippen molar-refractivity contribution < 1.29 is 14.1 Å². The maximum atomic E-state index is 12.0. The molecule has 1 aromatic carbocycles. The number of amides is 2. The molecule has 2 aromatic rings. The van der Waals surface area contributed by atoms with Crippen molar-refractivity contribution in [1.82, 2.24) is 15.5 Å². The zero-order valence-electron chi connectivity index (χ0n) is 14.4. The summed E-state index contributed by atoms with van der Waals surface area (Å²) in [7, 11) is 0. The van der Waals surface area contributed by atoms with Crippen molar-refractivity contribution >= 4 is 17.5 Å². The second-order valence-electron chi connectivity index (χ2n) is 7.46. The maximum Gasteiger partial charge on any atom is 0.321 e. The predicted molar refractivity (Wildman–Crippen MR) is 93.7 cm³/mol. The maximum absolute atomic E-state index is 12.0. The summed E-state index contributed by atoms with van der Waals surface area (Å²) < 4.78 is 5.48. The molecule has 7 heteroatoms. The number of Topliss-reactive ketones (excluding diaryl/α,β-unsaturated/α-hetero) is 1. The molecular weight excluding hydrogens is 332 g/mol. The van der Waals surface area contributed by atoms with Gasteiger partial charge in [0, 0.05) is 42.6 Å². The summed E-state index contributed by atoms with van der Waals surface area (Å²) in [5, 5.41) is 6.95. The van der Waals surface area contributed by atoms with Crippen molar-refractivity contribution in [2.75, 3.05) is 18.0 Å². The standard InChI is InChI=1S/C19H20N4O3/c24-16-10-11-8-14(16)15(9-11)18-21-17(22-26-18)12-2-4-13(5-3-12)23-7-1-6-20-19(23)25/h2-5,11,14-15H,1,6-10H2,(H,20,25)/t11-,14+,15?/m0/s1. The van der Waals surface area contributed by atoms with Crippen molar-refractivity contribution in [2.45, 2.75) is 31.6 Å². The summed E-state index contributed by atoms with van der Waals surface area (Å²) in [6.07, 6.45) is 3.59. The fraction of sp³-hybridized carbons (Fsp3) is 0.474. The van der Waals surface area contributed by atoms with Crippen LogP contribution < -0.4 is 10.2 Å². The Morgan fingerprint density at radius 1 is 1.12 bits per heavy atom. The van der Waals surface area contributed by atoms with E-state index in [4.69, 9.17) is 4.52 Å². The number of benzene rings is 1. The lowest BCUT2D eigenvalue weighted by Crippen LogP contribution is -2.46. The molecule has 5 rings (SSSR count). The van der Waals surface area contributed by atoms with Crippen molar-refractivity contribution in [3.8, 4) is 11.4 Å².